The molecule has 0 saturated heterocycles. The summed E-state index contributed by atoms with van der Waals surface area (Å²) in [6.45, 7) is 5.78. The second-order valence-corrected chi connectivity index (χ2v) is 7.89. The monoisotopic (exact) mass is 344 g/mol. The van der Waals surface area contributed by atoms with Gasteiger partial charge in [0.15, 0.2) is 0 Å². The SMILES string of the molecule is CCCC(C(=O)OCC)C(OCC)[PH](=O)COS(C)(=O)=O. The average Bonchev–Trinajstić information content (AvgIpc) is 2.39. The zero-order chi connectivity index (χ0) is 16.5. The third-order valence-corrected chi connectivity index (χ3v) is 5.02. The van der Waals surface area contributed by atoms with Crippen molar-refractivity contribution in [1.82, 2.24) is 0 Å². The largest absolute Gasteiger partial charge is 0.466 e. The summed E-state index contributed by atoms with van der Waals surface area (Å²) in [6.07, 6.45) is 1.56. The third kappa shape index (κ3) is 8.56. The molecule has 0 amide bonds. The maximum atomic E-state index is 12.3. The highest BCUT2D eigenvalue weighted by Crippen LogP contribution is 2.37. The number of esters is 1. The van der Waals surface area contributed by atoms with Crippen molar-refractivity contribution in [3.63, 3.8) is 0 Å². The third-order valence-electron chi connectivity index (χ3n) is 2.63. The lowest BCUT2D eigenvalue weighted by molar-refractivity contribution is -0.151. The van der Waals surface area contributed by atoms with Crippen molar-refractivity contribution in [2.75, 3.05) is 25.8 Å². The second-order valence-electron chi connectivity index (χ2n) is 4.46. The maximum Gasteiger partial charge on any atom is 0.312 e. The summed E-state index contributed by atoms with van der Waals surface area (Å²) in [4.78, 5) is 12.0. The van der Waals surface area contributed by atoms with Crippen LogP contribution in [0.15, 0.2) is 0 Å². The molecule has 0 radical (unpaired) electrons. The van der Waals surface area contributed by atoms with E-state index < -0.39 is 42.0 Å². The van der Waals surface area contributed by atoms with Crippen LogP contribution in [0, 0.1) is 5.92 Å². The molecular weight excluding hydrogens is 319 g/mol. The Morgan fingerprint density at radius 3 is 2.24 bits per heavy atom. The van der Waals surface area contributed by atoms with E-state index in [9.17, 15) is 17.8 Å². The Hall–Kier alpha value is -0.430. The summed E-state index contributed by atoms with van der Waals surface area (Å²) >= 11 is 0. The number of hydrogen-bond donors (Lipinski definition) is 0. The van der Waals surface area contributed by atoms with Gasteiger partial charge >= 0.3 is 5.97 Å². The van der Waals surface area contributed by atoms with Crippen LogP contribution in [0.1, 0.15) is 33.6 Å². The van der Waals surface area contributed by atoms with Crippen LogP contribution >= 0.6 is 7.80 Å². The molecule has 0 aromatic heterocycles. The molecule has 0 aliphatic heterocycles. The zero-order valence-corrected chi connectivity index (χ0v) is 14.8. The molecule has 3 unspecified atom stereocenters. The van der Waals surface area contributed by atoms with E-state index in [1.54, 1.807) is 13.8 Å². The van der Waals surface area contributed by atoms with E-state index in [-0.39, 0.29) is 13.2 Å². The van der Waals surface area contributed by atoms with Crippen molar-refractivity contribution >= 4 is 23.9 Å². The van der Waals surface area contributed by atoms with Gasteiger partial charge in [0.1, 0.15) is 20.0 Å². The van der Waals surface area contributed by atoms with Gasteiger partial charge < -0.3 is 14.0 Å². The van der Waals surface area contributed by atoms with Gasteiger partial charge in [-0.25, -0.2) is 0 Å². The van der Waals surface area contributed by atoms with Crippen LogP contribution in [0.4, 0.5) is 0 Å². The zero-order valence-electron chi connectivity index (χ0n) is 13.0. The van der Waals surface area contributed by atoms with Crippen LogP contribution in [0.5, 0.6) is 0 Å². The molecule has 0 heterocycles. The van der Waals surface area contributed by atoms with E-state index in [1.807, 2.05) is 6.92 Å². The van der Waals surface area contributed by atoms with E-state index in [2.05, 4.69) is 4.18 Å². The van der Waals surface area contributed by atoms with E-state index in [0.717, 1.165) is 6.26 Å². The highest BCUT2D eigenvalue weighted by Gasteiger charge is 2.34. The van der Waals surface area contributed by atoms with Gasteiger partial charge in [0.05, 0.1) is 18.8 Å². The molecule has 0 fully saturated rings. The summed E-state index contributed by atoms with van der Waals surface area (Å²) in [5, 5.41) is 0. The Morgan fingerprint density at radius 1 is 1.19 bits per heavy atom. The predicted molar refractivity (Wildman–Crippen MR) is 80.2 cm³/mol. The van der Waals surface area contributed by atoms with E-state index in [4.69, 9.17) is 9.47 Å². The molecule has 0 aliphatic carbocycles. The standard InChI is InChI=1S/C12H25O7PS/c1-5-8-10(11(13)17-6-2)12(18-7-3)20(14)9-19-21(4,15)16/h10,12,20H,5-9H2,1-4H3. The molecule has 3 atom stereocenters. The van der Waals surface area contributed by atoms with Crippen molar-refractivity contribution in [2.24, 2.45) is 5.92 Å². The molecule has 0 aromatic rings. The van der Waals surface area contributed by atoms with Crippen LogP contribution in [-0.4, -0.2) is 46.0 Å². The Morgan fingerprint density at radius 2 is 1.81 bits per heavy atom. The number of hydrogen-bond acceptors (Lipinski definition) is 7. The van der Waals surface area contributed by atoms with Gasteiger partial charge in [-0.15, -0.1) is 0 Å². The van der Waals surface area contributed by atoms with Gasteiger partial charge in [-0.2, -0.15) is 8.42 Å². The number of ether oxygens (including phenoxy) is 2. The first-order valence-electron chi connectivity index (χ1n) is 6.92. The number of carbonyl (C=O) groups excluding carboxylic acids is 1. The number of rotatable bonds is 11. The summed E-state index contributed by atoms with van der Waals surface area (Å²) in [6, 6.07) is 0. The predicted octanol–water partition coefficient (Wildman–Crippen LogP) is 1.82. The van der Waals surface area contributed by atoms with Gasteiger partial charge in [0.2, 0.25) is 0 Å². The minimum Gasteiger partial charge on any atom is -0.466 e. The first-order valence-corrected chi connectivity index (χ1v) is 10.4. The van der Waals surface area contributed by atoms with Gasteiger partial charge in [-0.1, -0.05) is 13.3 Å². The van der Waals surface area contributed by atoms with Gasteiger partial charge in [-0.05, 0) is 20.3 Å². The molecule has 0 rings (SSSR count). The average molecular weight is 344 g/mol. The van der Waals surface area contributed by atoms with Crippen molar-refractivity contribution in [1.29, 1.82) is 0 Å². The molecule has 0 saturated carbocycles. The van der Waals surface area contributed by atoms with Crippen molar-refractivity contribution in [2.45, 2.75) is 39.5 Å². The lowest BCUT2D eigenvalue weighted by atomic mass is 10.1. The molecule has 0 spiro atoms. The van der Waals surface area contributed by atoms with Crippen molar-refractivity contribution in [3.05, 3.63) is 0 Å². The summed E-state index contributed by atoms with van der Waals surface area (Å²) in [5.74, 6) is -2.03. The first kappa shape index (κ1) is 20.6. The quantitative estimate of drug-likeness (QED) is 0.320. The molecule has 0 aliphatic rings. The van der Waals surface area contributed by atoms with E-state index >= 15 is 0 Å². The van der Waals surface area contributed by atoms with Crippen LogP contribution in [0.2, 0.25) is 0 Å². The summed E-state index contributed by atoms with van der Waals surface area (Å²) < 4.78 is 49.2. The molecule has 126 valence electrons. The Bertz CT molecular complexity index is 435. The Kier molecular flexibility index (Phi) is 10.1. The lowest BCUT2D eigenvalue weighted by Crippen LogP contribution is -2.30. The van der Waals surface area contributed by atoms with Crippen molar-refractivity contribution in [3.8, 4) is 0 Å². The smallest absolute Gasteiger partial charge is 0.312 e. The van der Waals surface area contributed by atoms with Crippen LogP contribution < -0.4 is 0 Å². The topological polar surface area (TPSA) is 96.0 Å². The fourth-order valence-corrected chi connectivity index (χ4v) is 4.40. The first-order chi connectivity index (χ1) is 9.76. The highest BCUT2D eigenvalue weighted by molar-refractivity contribution is 7.86. The molecule has 0 N–H and O–H groups in total. The normalized spacial score (nSPS) is 16.2. The van der Waals surface area contributed by atoms with Crippen LogP contribution in [0.25, 0.3) is 0 Å². The van der Waals surface area contributed by atoms with Gasteiger partial charge in [0.25, 0.3) is 10.1 Å². The minimum atomic E-state index is -3.68. The van der Waals surface area contributed by atoms with E-state index in [1.165, 1.54) is 0 Å². The number of carbonyl (C=O) groups is 1. The van der Waals surface area contributed by atoms with Crippen LogP contribution in [-0.2, 0) is 33.1 Å². The molecule has 21 heavy (non-hydrogen) atoms. The maximum absolute atomic E-state index is 12.3. The second kappa shape index (κ2) is 10.3. The molecule has 9 heteroatoms. The fraction of sp³-hybridized carbons (Fsp3) is 0.917. The minimum absolute atomic E-state index is 0.221. The van der Waals surface area contributed by atoms with E-state index in [0.29, 0.717) is 12.8 Å². The van der Waals surface area contributed by atoms with Crippen LogP contribution in [0.3, 0.4) is 0 Å². The molecular formula is C12H25O7PS. The molecule has 0 aromatic carbocycles. The summed E-state index contributed by atoms with van der Waals surface area (Å²) in [7, 11) is -6.26. The van der Waals surface area contributed by atoms with Gasteiger partial charge in [-0.3, -0.25) is 8.98 Å². The molecule has 7 nitrogen and oxygen atoms in total. The fourth-order valence-electron chi connectivity index (χ4n) is 1.81. The lowest BCUT2D eigenvalue weighted by Gasteiger charge is -2.24. The summed E-state index contributed by atoms with van der Waals surface area (Å²) in [5.41, 5.74) is 0. The molecule has 0 bridgehead atoms. The highest BCUT2D eigenvalue weighted by atomic mass is 32.2. The Balaban J connectivity index is 5.02. The Labute approximate surface area is 127 Å². The van der Waals surface area contributed by atoms with Crippen molar-refractivity contribution < 1.29 is 31.4 Å². The van der Waals surface area contributed by atoms with Gasteiger partial charge in [0, 0.05) is 6.61 Å².